The Kier molecular flexibility index (Phi) is 7.79. The van der Waals surface area contributed by atoms with Crippen LogP contribution >= 0.6 is 0 Å². The molecule has 0 heterocycles. The molecule has 6 nitrogen and oxygen atoms in total. The van der Waals surface area contributed by atoms with Gasteiger partial charge in [-0.1, -0.05) is 26.0 Å². The third-order valence-corrected chi connectivity index (χ3v) is 6.59. The Morgan fingerprint density at radius 3 is 2.62 bits per heavy atom. The summed E-state index contributed by atoms with van der Waals surface area (Å²) >= 11 is 0. The van der Waals surface area contributed by atoms with Crippen LogP contribution in [0.5, 0.6) is 0 Å². The summed E-state index contributed by atoms with van der Waals surface area (Å²) in [6, 6.07) is 0. The molecule has 0 aromatic rings. The largest absolute Gasteiger partial charge is 0.364 e. The standard InChI is InChI=1S/C20H32N2O4/c1-4-5-6-9-15(10-7-8-11-25-21-23)17-12-16(14-26-22-24)18-13-19(17)20(18,2)3/h4,12,15,17-19H,1,5-11,13-14H2,2-3H3. The van der Waals surface area contributed by atoms with Crippen LogP contribution in [0.3, 0.4) is 0 Å². The smallest absolute Gasteiger partial charge is 0.155 e. The lowest BCUT2D eigenvalue weighted by Crippen LogP contribution is -2.54. The molecule has 0 aliphatic heterocycles. The molecule has 146 valence electrons. The molecular formula is C20H32N2O4. The number of allylic oxidation sites excluding steroid dienone is 2. The third-order valence-electron chi connectivity index (χ3n) is 6.59. The Balaban J connectivity index is 2.06. The molecule has 2 bridgehead atoms. The molecule has 3 aliphatic carbocycles. The third kappa shape index (κ3) is 4.71. The molecule has 0 radical (unpaired) electrons. The zero-order valence-corrected chi connectivity index (χ0v) is 16.1. The number of nitrogens with zero attached hydrogens (tertiary/aromatic N) is 2. The monoisotopic (exact) mass is 364 g/mol. The van der Waals surface area contributed by atoms with E-state index in [4.69, 9.17) is 4.84 Å². The molecule has 3 rings (SSSR count). The summed E-state index contributed by atoms with van der Waals surface area (Å²) in [6.45, 7) is 9.22. The van der Waals surface area contributed by atoms with Gasteiger partial charge in [-0.3, -0.25) is 0 Å². The Morgan fingerprint density at radius 2 is 1.96 bits per heavy atom. The molecule has 4 atom stereocenters. The average molecular weight is 364 g/mol. The SMILES string of the molecule is C=CCCCC(CCCCON=O)C1C=C(CON=O)C2CC1C2(C)C. The molecule has 4 unspecified atom stereocenters. The van der Waals surface area contributed by atoms with E-state index in [-0.39, 0.29) is 5.41 Å². The van der Waals surface area contributed by atoms with Gasteiger partial charge in [0.1, 0.15) is 13.2 Å². The maximum absolute atomic E-state index is 10.4. The maximum Gasteiger partial charge on any atom is 0.155 e. The van der Waals surface area contributed by atoms with Crippen molar-refractivity contribution in [2.24, 2.45) is 39.8 Å². The number of hydrogen-bond donors (Lipinski definition) is 0. The van der Waals surface area contributed by atoms with Crippen LogP contribution in [0, 0.1) is 38.9 Å². The Labute approximate surface area is 156 Å². The van der Waals surface area contributed by atoms with Crippen LogP contribution in [0.2, 0.25) is 0 Å². The van der Waals surface area contributed by atoms with Crippen LogP contribution in [0.15, 0.2) is 35.0 Å². The Bertz CT molecular complexity index is 518. The van der Waals surface area contributed by atoms with E-state index < -0.39 is 0 Å². The molecule has 1 fully saturated rings. The minimum atomic E-state index is 0.252. The van der Waals surface area contributed by atoms with E-state index in [0.29, 0.717) is 36.9 Å². The van der Waals surface area contributed by atoms with E-state index in [2.05, 4.69) is 42.0 Å². The van der Waals surface area contributed by atoms with Crippen LogP contribution in [0.1, 0.15) is 58.8 Å². The Morgan fingerprint density at radius 1 is 1.23 bits per heavy atom. The van der Waals surface area contributed by atoms with Crippen molar-refractivity contribution in [2.75, 3.05) is 13.2 Å². The summed E-state index contributed by atoms with van der Waals surface area (Å²) in [5, 5.41) is 5.05. The van der Waals surface area contributed by atoms with Crippen LogP contribution in [0.25, 0.3) is 0 Å². The van der Waals surface area contributed by atoms with Crippen molar-refractivity contribution in [3.05, 3.63) is 34.1 Å². The van der Waals surface area contributed by atoms with Crippen molar-refractivity contribution >= 4 is 0 Å². The minimum absolute atomic E-state index is 0.252. The summed E-state index contributed by atoms with van der Waals surface area (Å²) in [5.74, 6) is 2.28. The highest BCUT2D eigenvalue weighted by Gasteiger charge is 2.56. The second-order valence-electron chi connectivity index (χ2n) is 8.27. The van der Waals surface area contributed by atoms with E-state index >= 15 is 0 Å². The summed E-state index contributed by atoms with van der Waals surface area (Å²) in [5.41, 5.74) is 1.49. The highest BCUT2D eigenvalue weighted by molar-refractivity contribution is 5.26. The number of fused-ring (bicyclic) bond motifs is 1. The van der Waals surface area contributed by atoms with Gasteiger partial charge in [-0.2, -0.15) is 0 Å². The lowest BCUT2D eigenvalue weighted by atomic mass is 9.44. The number of unbranched alkanes of at least 4 members (excludes halogenated alkanes) is 2. The van der Waals surface area contributed by atoms with Gasteiger partial charge in [-0.25, -0.2) is 0 Å². The van der Waals surface area contributed by atoms with Crippen molar-refractivity contribution in [1.82, 2.24) is 0 Å². The lowest BCUT2D eigenvalue weighted by Gasteiger charge is -2.60. The van der Waals surface area contributed by atoms with Gasteiger partial charge in [0.2, 0.25) is 0 Å². The van der Waals surface area contributed by atoms with Crippen molar-refractivity contribution in [3.63, 3.8) is 0 Å². The summed E-state index contributed by atoms with van der Waals surface area (Å²) in [4.78, 5) is 29.8. The van der Waals surface area contributed by atoms with E-state index in [1.54, 1.807) is 0 Å². The minimum Gasteiger partial charge on any atom is -0.364 e. The molecule has 6 heteroatoms. The molecular weight excluding hydrogens is 332 g/mol. The van der Waals surface area contributed by atoms with Gasteiger partial charge in [0, 0.05) is 0 Å². The van der Waals surface area contributed by atoms with E-state index in [0.717, 1.165) is 38.5 Å². The van der Waals surface area contributed by atoms with Crippen LogP contribution in [0.4, 0.5) is 0 Å². The zero-order valence-electron chi connectivity index (χ0n) is 16.1. The molecule has 1 saturated carbocycles. The topological polar surface area (TPSA) is 77.3 Å². The maximum atomic E-state index is 10.4. The van der Waals surface area contributed by atoms with Gasteiger partial charge in [0.05, 0.1) is 0 Å². The van der Waals surface area contributed by atoms with Gasteiger partial charge in [-0.15, -0.1) is 16.4 Å². The predicted octanol–water partition coefficient (Wildman–Crippen LogP) is 5.74. The van der Waals surface area contributed by atoms with Gasteiger partial charge in [-0.05, 0) is 79.6 Å². The number of rotatable bonds is 14. The fourth-order valence-electron chi connectivity index (χ4n) is 5.10. The summed E-state index contributed by atoms with van der Waals surface area (Å²) in [7, 11) is 0. The van der Waals surface area contributed by atoms with Gasteiger partial charge in [0.25, 0.3) is 0 Å². The second kappa shape index (κ2) is 9.83. The normalized spacial score (nSPS) is 26.8. The predicted molar refractivity (Wildman–Crippen MR) is 102 cm³/mol. The quantitative estimate of drug-likeness (QED) is 0.170. The molecule has 26 heavy (non-hydrogen) atoms. The molecule has 0 N–H and O–H groups in total. The highest BCUT2D eigenvalue weighted by Crippen LogP contribution is 2.63. The molecule has 0 amide bonds. The van der Waals surface area contributed by atoms with E-state index in [1.807, 2.05) is 6.08 Å². The van der Waals surface area contributed by atoms with Gasteiger partial charge >= 0.3 is 0 Å². The first-order chi connectivity index (χ1) is 12.6. The molecule has 0 saturated heterocycles. The first-order valence-electron chi connectivity index (χ1n) is 9.77. The fourth-order valence-corrected chi connectivity index (χ4v) is 5.10. The second-order valence-corrected chi connectivity index (χ2v) is 8.27. The van der Waals surface area contributed by atoms with E-state index in [1.165, 1.54) is 12.0 Å². The highest BCUT2D eigenvalue weighted by atomic mass is 16.7. The average Bonchev–Trinajstić information content (AvgIpc) is 2.64. The van der Waals surface area contributed by atoms with Gasteiger partial charge < -0.3 is 9.68 Å². The van der Waals surface area contributed by atoms with Gasteiger partial charge in [0.15, 0.2) is 10.7 Å². The molecule has 0 aromatic heterocycles. The van der Waals surface area contributed by atoms with Crippen LogP contribution in [-0.2, 0) is 9.68 Å². The van der Waals surface area contributed by atoms with Crippen molar-refractivity contribution < 1.29 is 9.68 Å². The van der Waals surface area contributed by atoms with Crippen LogP contribution in [-0.4, -0.2) is 13.2 Å². The van der Waals surface area contributed by atoms with Crippen LogP contribution < -0.4 is 0 Å². The van der Waals surface area contributed by atoms with Crippen molar-refractivity contribution in [1.29, 1.82) is 0 Å². The van der Waals surface area contributed by atoms with E-state index in [9.17, 15) is 9.81 Å². The first-order valence-corrected chi connectivity index (χ1v) is 9.77. The molecule has 3 aliphatic rings. The first kappa shape index (κ1) is 20.6. The van der Waals surface area contributed by atoms with Crippen molar-refractivity contribution in [2.45, 2.75) is 58.8 Å². The Hall–Kier alpha value is -1.72. The summed E-state index contributed by atoms with van der Waals surface area (Å²) in [6.07, 6.45) is 11.9. The molecule has 0 aromatic carbocycles. The van der Waals surface area contributed by atoms with Crippen molar-refractivity contribution in [3.8, 4) is 0 Å². The zero-order chi connectivity index (χ0) is 19.0. The number of hydrogen-bond acceptors (Lipinski definition) is 6. The fraction of sp³-hybridized carbons (Fsp3) is 0.800. The summed E-state index contributed by atoms with van der Waals surface area (Å²) < 4.78 is 0. The lowest BCUT2D eigenvalue weighted by molar-refractivity contribution is -0.0653. The molecule has 0 spiro atoms.